The fraction of sp³-hybridized carbons (Fsp3) is 0.188. The maximum Gasteiger partial charge on any atom is 0.335 e. The Morgan fingerprint density at radius 3 is 2.27 bits per heavy atom. The third kappa shape index (κ3) is 3.85. The summed E-state index contributed by atoms with van der Waals surface area (Å²) in [7, 11) is -3.48. The van der Waals surface area contributed by atoms with Gasteiger partial charge in [0.1, 0.15) is 0 Å². The predicted octanol–water partition coefficient (Wildman–Crippen LogP) is 2.66. The molecule has 0 saturated carbocycles. The number of rotatable bonds is 5. The number of hydrogen-bond donors (Lipinski definition) is 1. The Hall–Kier alpha value is -2.34. The van der Waals surface area contributed by atoms with Gasteiger partial charge in [-0.25, -0.2) is 13.2 Å². The largest absolute Gasteiger partial charge is 0.478 e. The molecule has 2 aromatic carbocycles. The van der Waals surface area contributed by atoms with E-state index >= 15 is 0 Å². The van der Waals surface area contributed by atoms with Crippen molar-refractivity contribution < 1.29 is 18.3 Å². The van der Waals surface area contributed by atoms with Crippen LogP contribution in [0.3, 0.4) is 0 Å². The van der Waals surface area contributed by atoms with Crippen LogP contribution in [0.15, 0.2) is 48.5 Å². The van der Waals surface area contributed by atoms with Crippen molar-refractivity contribution in [1.82, 2.24) is 0 Å². The number of hydrogen-bond acceptors (Lipinski definition) is 3. The average molecular weight is 319 g/mol. The maximum atomic E-state index is 12.0. The maximum absolute atomic E-state index is 12.0. The van der Waals surface area contributed by atoms with Crippen molar-refractivity contribution in [2.24, 2.45) is 0 Å². The van der Waals surface area contributed by atoms with Crippen molar-refractivity contribution in [2.75, 3.05) is 10.6 Å². The highest BCUT2D eigenvalue weighted by atomic mass is 32.2. The molecule has 0 aromatic heterocycles. The molecule has 0 heterocycles. The number of aromatic carboxylic acids is 1. The molecule has 0 fully saturated rings. The van der Waals surface area contributed by atoms with Gasteiger partial charge in [0.05, 0.1) is 24.1 Å². The van der Waals surface area contributed by atoms with E-state index in [9.17, 15) is 13.2 Å². The van der Waals surface area contributed by atoms with Gasteiger partial charge in [-0.2, -0.15) is 0 Å². The van der Waals surface area contributed by atoms with Gasteiger partial charge in [0.15, 0.2) is 0 Å². The van der Waals surface area contributed by atoms with Crippen molar-refractivity contribution in [3.05, 3.63) is 65.2 Å². The average Bonchev–Trinajstić information content (AvgIpc) is 2.44. The zero-order valence-electron chi connectivity index (χ0n) is 12.4. The Labute approximate surface area is 129 Å². The van der Waals surface area contributed by atoms with Crippen molar-refractivity contribution >= 4 is 21.7 Å². The molecule has 5 nitrogen and oxygen atoms in total. The molecular weight excluding hydrogens is 302 g/mol. The summed E-state index contributed by atoms with van der Waals surface area (Å²) in [6.07, 6.45) is 1.13. The van der Waals surface area contributed by atoms with Gasteiger partial charge in [0.25, 0.3) is 0 Å². The van der Waals surface area contributed by atoms with Gasteiger partial charge < -0.3 is 5.11 Å². The van der Waals surface area contributed by atoms with Crippen LogP contribution in [-0.2, 0) is 16.6 Å². The van der Waals surface area contributed by atoms with Crippen LogP contribution in [0.4, 0.5) is 5.69 Å². The normalized spacial score (nSPS) is 11.2. The molecule has 0 amide bonds. The Bertz CT molecular complexity index is 782. The molecule has 0 aliphatic carbocycles. The standard InChI is InChI=1S/C16H17NO4S/c1-12-4-3-5-13(10-12)11-17(22(2,20)21)15-8-6-14(7-9-15)16(18)19/h3-10H,11H2,1-2H3,(H,18,19). The van der Waals surface area contributed by atoms with Crippen LogP contribution in [0.25, 0.3) is 0 Å². The number of benzene rings is 2. The SMILES string of the molecule is Cc1cccc(CN(c2ccc(C(=O)O)cc2)S(C)(=O)=O)c1. The summed E-state index contributed by atoms with van der Waals surface area (Å²) in [4.78, 5) is 10.9. The fourth-order valence-corrected chi connectivity index (χ4v) is 3.03. The second kappa shape index (κ2) is 6.19. The molecule has 0 aliphatic heterocycles. The molecule has 2 rings (SSSR count). The van der Waals surface area contributed by atoms with Crippen LogP contribution >= 0.6 is 0 Å². The van der Waals surface area contributed by atoms with Crippen LogP contribution in [-0.4, -0.2) is 25.7 Å². The zero-order chi connectivity index (χ0) is 16.3. The molecule has 0 atom stereocenters. The number of sulfonamides is 1. The number of carboxylic acids is 1. The molecule has 6 heteroatoms. The van der Waals surface area contributed by atoms with E-state index in [1.807, 2.05) is 31.2 Å². The summed E-state index contributed by atoms with van der Waals surface area (Å²) in [5.41, 5.74) is 2.47. The van der Waals surface area contributed by atoms with E-state index in [1.165, 1.54) is 28.6 Å². The Kier molecular flexibility index (Phi) is 4.51. The molecule has 0 aliphatic rings. The highest BCUT2D eigenvalue weighted by Gasteiger charge is 2.18. The second-order valence-electron chi connectivity index (χ2n) is 5.11. The number of aryl methyl sites for hydroxylation is 1. The molecule has 0 unspecified atom stereocenters. The van der Waals surface area contributed by atoms with Crippen molar-refractivity contribution in [1.29, 1.82) is 0 Å². The number of carbonyl (C=O) groups is 1. The topological polar surface area (TPSA) is 74.7 Å². The zero-order valence-corrected chi connectivity index (χ0v) is 13.2. The lowest BCUT2D eigenvalue weighted by molar-refractivity contribution is 0.0697. The van der Waals surface area contributed by atoms with E-state index < -0.39 is 16.0 Å². The Morgan fingerprint density at radius 2 is 1.77 bits per heavy atom. The molecular formula is C16H17NO4S. The summed E-state index contributed by atoms with van der Waals surface area (Å²) < 4.78 is 25.4. The molecule has 2 aromatic rings. The molecule has 22 heavy (non-hydrogen) atoms. The number of anilines is 1. The van der Waals surface area contributed by atoms with Gasteiger partial charge in [0.2, 0.25) is 10.0 Å². The summed E-state index contributed by atoms with van der Waals surface area (Å²) in [6, 6.07) is 13.4. The van der Waals surface area contributed by atoms with Crippen LogP contribution in [0.5, 0.6) is 0 Å². The number of nitrogens with zero attached hydrogens (tertiary/aromatic N) is 1. The monoisotopic (exact) mass is 319 g/mol. The van der Waals surface area contributed by atoms with Crippen LogP contribution in [0.1, 0.15) is 21.5 Å². The van der Waals surface area contributed by atoms with E-state index in [4.69, 9.17) is 5.11 Å². The minimum Gasteiger partial charge on any atom is -0.478 e. The van der Waals surface area contributed by atoms with Gasteiger partial charge in [-0.15, -0.1) is 0 Å². The summed E-state index contributed by atoms with van der Waals surface area (Å²) in [6.45, 7) is 2.14. The Balaban J connectivity index is 2.37. The lowest BCUT2D eigenvalue weighted by atomic mass is 10.1. The van der Waals surface area contributed by atoms with E-state index in [0.717, 1.165) is 17.4 Å². The molecule has 0 saturated heterocycles. The predicted molar refractivity (Wildman–Crippen MR) is 85.6 cm³/mol. The van der Waals surface area contributed by atoms with E-state index in [2.05, 4.69) is 0 Å². The summed E-state index contributed by atoms with van der Waals surface area (Å²) in [5.74, 6) is -1.05. The number of carboxylic acid groups (broad SMARTS) is 1. The second-order valence-corrected chi connectivity index (χ2v) is 7.02. The third-order valence-electron chi connectivity index (χ3n) is 3.21. The van der Waals surface area contributed by atoms with E-state index in [-0.39, 0.29) is 12.1 Å². The van der Waals surface area contributed by atoms with Crippen LogP contribution in [0.2, 0.25) is 0 Å². The van der Waals surface area contributed by atoms with Gasteiger partial charge in [-0.05, 0) is 36.8 Å². The fourth-order valence-electron chi connectivity index (χ4n) is 2.15. The summed E-state index contributed by atoms with van der Waals surface area (Å²) >= 11 is 0. The molecule has 0 radical (unpaired) electrons. The van der Waals surface area contributed by atoms with Crippen molar-refractivity contribution in [3.63, 3.8) is 0 Å². The van der Waals surface area contributed by atoms with Gasteiger partial charge in [0, 0.05) is 0 Å². The van der Waals surface area contributed by atoms with E-state index in [1.54, 1.807) is 0 Å². The Morgan fingerprint density at radius 1 is 1.14 bits per heavy atom. The van der Waals surface area contributed by atoms with Gasteiger partial charge in [-0.3, -0.25) is 4.31 Å². The highest BCUT2D eigenvalue weighted by Crippen LogP contribution is 2.21. The highest BCUT2D eigenvalue weighted by molar-refractivity contribution is 7.92. The van der Waals surface area contributed by atoms with Crippen LogP contribution in [0, 0.1) is 6.92 Å². The first-order chi connectivity index (χ1) is 10.3. The molecule has 0 spiro atoms. The molecule has 0 bridgehead atoms. The molecule has 116 valence electrons. The van der Waals surface area contributed by atoms with Crippen LogP contribution < -0.4 is 4.31 Å². The quantitative estimate of drug-likeness (QED) is 0.919. The minimum atomic E-state index is -3.48. The third-order valence-corrected chi connectivity index (χ3v) is 4.35. The van der Waals surface area contributed by atoms with Gasteiger partial charge >= 0.3 is 5.97 Å². The lowest BCUT2D eigenvalue weighted by Gasteiger charge is -2.22. The summed E-state index contributed by atoms with van der Waals surface area (Å²) in [5, 5.41) is 8.91. The van der Waals surface area contributed by atoms with Crippen molar-refractivity contribution in [2.45, 2.75) is 13.5 Å². The minimum absolute atomic E-state index is 0.118. The first kappa shape index (κ1) is 16.0. The van der Waals surface area contributed by atoms with Gasteiger partial charge in [-0.1, -0.05) is 29.8 Å². The smallest absolute Gasteiger partial charge is 0.335 e. The first-order valence-electron chi connectivity index (χ1n) is 6.64. The van der Waals surface area contributed by atoms with E-state index in [0.29, 0.717) is 5.69 Å². The lowest BCUT2D eigenvalue weighted by Crippen LogP contribution is -2.29. The van der Waals surface area contributed by atoms with Crippen molar-refractivity contribution in [3.8, 4) is 0 Å². The first-order valence-corrected chi connectivity index (χ1v) is 8.49. The molecule has 1 N–H and O–H groups in total.